The average Bonchev–Trinajstić information content (AvgIpc) is 2.50. The molecule has 0 aliphatic heterocycles. The molecule has 1 aromatic rings. The maximum Gasteiger partial charge on any atom is 0.0589 e. The molecule has 0 heterocycles. The molecule has 0 saturated heterocycles. The van der Waals surface area contributed by atoms with Crippen LogP contribution in [-0.4, -0.2) is 58.5 Å². The van der Waals surface area contributed by atoms with E-state index in [1.54, 1.807) is 14.2 Å². The first-order valence-corrected chi connectivity index (χ1v) is 7.27. The van der Waals surface area contributed by atoms with E-state index >= 15 is 0 Å². The molecule has 0 aromatic heterocycles. The lowest BCUT2D eigenvalue weighted by atomic mass is 9.98. The molecule has 1 atom stereocenters. The van der Waals surface area contributed by atoms with E-state index in [1.165, 1.54) is 5.56 Å². The molecular formula is C16H28N2O2. The monoisotopic (exact) mass is 280 g/mol. The largest absolute Gasteiger partial charge is 0.385 e. The Hall–Kier alpha value is -0.940. The summed E-state index contributed by atoms with van der Waals surface area (Å²) >= 11 is 0. The van der Waals surface area contributed by atoms with Gasteiger partial charge < -0.3 is 20.1 Å². The van der Waals surface area contributed by atoms with Gasteiger partial charge in [-0.3, -0.25) is 0 Å². The highest BCUT2D eigenvalue weighted by molar-refractivity contribution is 5.20. The highest BCUT2D eigenvalue weighted by Gasteiger charge is 2.14. The van der Waals surface area contributed by atoms with Crippen LogP contribution in [0.3, 0.4) is 0 Å². The lowest BCUT2D eigenvalue weighted by Gasteiger charge is -2.27. The van der Waals surface area contributed by atoms with E-state index in [4.69, 9.17) is 15.2 Å². The van der Waals surface area contributed by atoms with Gasteiger partial charge in [0.05, 0.1) is 6.61 Å². The second-order valence-corrected chi connectivity index (χ2v) is 4.98. The van der Waals surface area contributed by atoms with Crippen LogP contribution in [0.2, 0.25) is 0 Å². The molecule has 0 radical (unpaired) electrons. The SMILES string of the molecule is COCCCN(CCOC)CC(CN)c1ccccc1. The van der Waals surface area contributed by atoms with Crippen LogP contribution in [0, 0.1) is 0 Å². The van der Waals surface area contributed by atoms with Crippen molar-refractivity contribution in [3.8, 4) is 0 Å². The Kier molecular flexibility index (Phi) is 9.24. The average molecular weight is 280 g/mol. The summed E-state index contributed by atoms with van der Waals surface area (Å²) in [7, 11) is 3.48. The Bertz CT molecular complexity index is 333. The number of rotatable bonds is 11. The zero-order valence-electron chi connectivity index (χ0n) is 12.8. The van der Waals surface area contributed by atoms with Crippen molar-refractivity contribution in [2.75, 3.05) is 53.6 Å². The third-order valence-electron chi connectivity index (χ3n) is 3.47. The fraction of sp³-hybridized carbons (Fsp3) is 0.625. The number of nitrogens with two attached hydrogens (primary N) is 1. The highest BCUT2D eigenvalue weighted by Crippen LogP contribution is 2.15. The van der Waals surface area contributed by atoms with Crippen molar-refractivity contribution in [1.82, 2.24) is 4.90 Å². The maximum atomic E-state index is 5.95. The topological polar surface area (TPSA) is 47.7 Å². The minimum Gasteiger partial charge on any atom is -0.385 e. The third kappa shape index (κ3) is 6.48. The summed E-state index contributed by atoms with van der Waals surface area (Å²) in [6.07, 6.45) is 1.03. The molecule has 0 fully saturated rings. The fourth-order valence-electron chi connectivity index (χ4n) is 2.30. The van der Waals surface area contributed by atoms with Gasteiger partial charge in [-0.25, -0.2) is 0 Å². The number of nitrogens with zero attached hydrogens (tertiary/aromatic N) is 1. The van der Waals surface area contributed by atoms with Gasteiger partial charge in [0.2, 0.25) is 0 Å². The van der Waals surface area contributed by atoms with Gasteiger partial charge in [0.25, 0.3) is 0 Å². The zero-order valence-corrected chi connectivity index (χ0v) is 12.8. The molecular weight excluding hydrogens is 252 g/mol. The van der Waals surface area contributed by atoms with Crippen LogP contribution in [-0.2, 0) is 9.47 Å². The maximum absolute atomic E-state index is 5.95. The van der Waals surface area contributed by atoms with Crippen LogP contribution in [0.4, 0.5) is 0 Å². The quantitative estimate of drug-likeness (QED) is 0.627. The Balaban J connectivity index is 2.55. The highest BCUT2D eigenvalue weighted by atomic mass is 16.5. The predicted octanol–water partition coefficient (Wildman–Crippen LogP) is 1.71. The molecule has 1 unspecified atom stereocenters. The Morgan fingerprint density at radius 3 is 2.35 bits per heavy atom. The van der Waals surface area contributed by atoms with Gasteiger partial charge in [-0.05, 0) is 12.0 Å². The molecule has 1 aromatic carbocycles. The molecule has 0 spiro atoms. The summed E-state index contributed by atoms with van der Waals surface area (Å²) in [6, 6.07) is 10.5. The van der Waals surface area contributed by atoms with Crippen molar-refractivity contribution < 1.29 is 9.47 Å². The van der Waals surface area contributed by atoms with Crippen molar-refractivity contribution in [1.29, 1.82) is 0 Å². The lowest BCUT2D eigenvalue weighted by molar-refractivity contribution is 0.129. The summed E-state index contributed by atoms with van der Waals surface area (Å²) < 4.78 is 10.3. The Labute approximate surface area is 122 Å². The summed E-state index contributed by atoms with van der Waals surface area (Å²) in [5, 5.41) is 0. The standard InChI is InChI=1S/C16H28N2O2/c1-19-11-6-9-18(10-12-20-2)14-16(13-17)15-7-4-3-5-8-15/h3-5,7-8,16H,6,9-14,17H2,1-2H3. The molecule has 0 bridgehead atoms. The molecule has 2 N–H and O–H groups in total. The van der Waals surface area contributed by atoms with E-state index in [-0.39, 0.29) is 0 Å². The second kappa shape index (κ2) is 10.8. The van der Waals surface area contributed by atoms with Gasteiger partial charge in [-0.1, -0.05) is 30.3 Å². The molecule has 0 saturated carbocycles. The number of methoxy groups -OCH3 is 2. The summed E-state index contributed by atoms with van der Waals surface area (Å²) in [6.45, 7) is 5.12. The molecule has 114 valence electrons. The minimum absolute atomic E-state index is 0.371. The van der Waals surface area contributed by atoms with E-state index in [1.807, 2.05) is 6.07 Å². The lowest BCUT2D eigenvalue weighted by Crippen LogP contribution is -2.35. The van der Waals surface area contributed by atoms with Crippen LogP contribution in [0.1, 0.15) is 17.9 Å². The van der Waals surface area contributed by atoms with E-state index in [2.05, 4.69) is 29.2 Å². The molecule has 4 nitrogen and oxygen atoms in total. The Morgan fingerprint density at radius 1 is 1.05 bits per heavy atom. The molecule has 0 aliphatic carbocycles. The van der Waals surface area contributed by atoms with Crippen molar-refractivity contribution in [2.45, 2.75) is 12.3 Å². The minimum atomic E-state index is 0.371. The first-order chi connectivity index (χ1) is 9.81. The number of hydrogen-bond acceptors (Lipinski definition) is 4. The van der Waals surface area contributed by atoms with Crippen LogP contribution >= 0.6 is 0 Å². The molecule has 1 rings (SSSR count). The first-order valence-electron chi connectivity index (χ1n) is 7.27. The van der Waals surface area contributed by atoms with Crippen LogP contribution < -0.4 is 5.73 Å². The van der Waals surface area contributed by atoms with Gasteiger partial charge in [0, 0.05) is 52.9 Å². The van der Waals surface area contributed by atoms with Gasteiger partial charge in [0.1, 0.15) is 0 Å². The van der Waals surface area contributed by atoms with Crippen molar-refractivity contribution in [2.24, 2.45) is 5.73 Å². The number of hydrogen-bond donors (Lipinski definition) is 1. The fourth-order valence-corrected chi connectivity index (χ4v) is 2.30. The molecule has 4 heteroatoms. The third-order valence-corrected chi connectivity index (χ3v) is 3.47. The number of ether oxygens (including phenoxy) is 2. The second-order valence-electron chi connectivity index (χ2n) is 4.98. The van der Waals surface area contributed by atoms with Crippen LogP contribution in [0.5, 0.6) is 0 Å². The summed E-state index contributed by atoms with van der Waals surface area (Å²) in [5.41, 5.74) is 7.26. The molecule has 0 amide bonds. The van der Waals surface area contributed by atoms with Gasteiger partial charge in [0.15, 0.2) is 0 Å². The summed E-state index contributed by atoms with van der Waals surface area (Å²) in [4.78, 5) is 2.41. The van der Waals surface area contributed by atoms with Gasteiger partial charge >= 0.3 is 0 Å². The summed E-state index contributed by atoms with van der Waals surface area (Å²) in [5.74, 6) is 0.371. The van der Waals surface area contributed by atoms with E-state index in [0.29, 0.717) is 12.5 Å². The van der Waals surface area contributed by atoms with Crippen molar-refractivity contribution >= 4 is 0 Å². The van der Waals surface area contributed by atoms with Crippen molar-refractivity contribution in [3.05, 3.63) is 35.9 Å². The van der Waals surface area contributed by atoms with E-state index in [0.717, 1.165) is 39.3 Å². The van der Waals surface area contributed by atoms with Crippen LogP contribution in [0.25, 0.3) is 0 Å². The van der Waals surface area contributed by atoms with Gasteiger partial charge in [-0.15, -0.1) is 0 Å². The zero-order chi connectivity index (χ0) is 14.6. The van der Waals surface area contributed by atoms with Crippen molar-refractivity contribution in [3.63, 3.8) is 0 Å². The Morgan fingerprint density at radius 2 is 1.75 bits per heavy atom. The first kappa shape index (κ1) is 17.1. The van der Waals surface area contributed by atoms with Gasteiger partial charge in [-0.2, -0.15) is 0 Å². The molecule has 20 heavy (non-hydrogen) atoms. The van der Waals surface area contributed by atoms with E-state index in [9.17, 15) is 0 Å². The molecule has 0 aliphatic rings. The normalized spacial score (nSPS) is 12.8. The predicted molar refractivity (Wildman–Crippen MR) is 83.0 cm³/mol. The smallest absolute Gasteiger partial charge is 0.0589 e. The number of benzene rings is 1. The van der Waals surface area contributed by atoms with E-state index < -0.39 is 0 Å². The van der Waals surface area contributed by atoms with Crippen LogP contribution in [0.15, 0.2) is 30.3 Å².